The number of benzene rings is 1. The Bertz CT molecular complexity index is 695. The molecule has 128 valence electrons. The highest BCUT2D eigenvalue weighted by Crippen LogP contribution is 2.21. The quantitative estimate of drug-likeness (QED) is 0.907. The molecule has 0 radical (unpaired) electrons. The van der Waals surface area contributed by atoms with Crippen molar-refractivity contribution in [2.45, 2.75) is 32.9 Å². The van der Waals surface area contributed by atoms with E-state index < -0.39 is 0 Å². The van der Waals surface area contributed by atoms with E-state index in [2.05, 4.69) is 34.0 Å². The van der Waals surface area contributed by atoms with Gasteiger partial charge in [0.1, 0.15) is 5.82 Å². The first kappa shape index (κ1) is 16.5. The summed E-state index contributed by atoms with van der Waals surface area (Å²) in [6.45, 7) is 7.47. The van der Waals surface area contributed by atoms with Crippen LogP contribution < -0.4 is 10.6 Å². The summed E-state index contributed by atoms with van der Waals surface area (Å²) >= 11 is 0. The molecule has 1 fully saturated rings. The van der Waals surface area contributed by atoms with Gasteiger partial charge in [-0.05, 0) is 31.5 Å². The summed E-state index contributed by atoms with van der Waals surface area (Å²) in [7, 11) is 0. The molecule has 6 nitrogen and oxygen atoms in total. The zero-order valence-electron chi connectivity index (χ0n) is 14.3. The predicted molar refractivity (Wildman–Crippen MR) is 93.1 cm³/mol. The second kappa shape index (κ2) is 7.05. The minimum Gasteiger partial charge on any atom is -0.379 e. The molecule has 3 atom stereocenters. The zero-order valence-corrected chi connectivity index (χ0v) is 14.3. The first-order chi connectivity index (χ1) is 11.5. The third-order valence-electron chi connectivity index (χ3n) is 4.61. The van der Waals surface area contributed by atoms with Gasteiger partial charge in [0.25, 0.3) is 0 Å². The molecule has 0 saturated carbocycles. The predicted octanol–water partition coefficient (Wildman–Crippen LogP) is 2.96. The SMILES string of the molecule is Cc1nccn1[C@@H](C)c1ccc(NC(=O)N[C@H]2COC[C@@H]2C)cc1. The molecule has 1 saturated heterocycles. The molecule has 2 amide bonds. The normalized spacial score (nSPS) is 21.5. The number of urea groups is 1. The maximum absolute atomic E-state index is 12.1. The van der Waals surface area contributed by atoms with Crippen LogP contribution in [-0.2, 0) is 4.74 Å². The molecule has 2 N–H and O–H groups in total. The number of nitrogens with zero attached hydrogens (tertiary/aromatic N) is 2. The number of rotatable bonds is 4. The Morgan fingerprint density at radius 3 is 2.67 bits per heavy atom. The molecular formula is C18H24N4O2. The van der Waals surface area contributed by atoms with Gasteiger partial charge in [0.05, 0.1) is 25.3 Å². The van der Waals surface area contributed by atoms with Crippen molar-refractivity contribution in [3.05, 3.63) is 48.0 Å². The zero-order chi connectivity index (χ0) is 17.1. The molecule has 0 unspecified atom stereocenters. The lowest BCUT2D eigenvalue weighted by molar-refractivity contribution is 0.184. The summed E-state index contributed by atoms with van der Waals surface area (Å²) in [6.07, 6.45) is 3.78. The Morgan fingerprint density at radius 2 is 2.08 bits per heavy atom. The molecule has 1 aliphatic rings. The van der Waals surface area contributed by atoms with Gasteiger partial charge in [0, 0.05) is 24.0 Å². The second-order valence-electron chi connectivity index (χ2n) is 6.40. The Hall–Kier alpha value is -2.34. The number of hydrogen-bond donors (Lipinski definition) is 2. The Kier molecular flexibility index (Phi) is 4.85. The fourth-order valence-corrected chi connectivity index (χ4v) is 2.98. The fraction of sp³-hybridized carbons (Fsp3) is 0.444. The van der Waals surface area contributed by atoms with Crippen molar-refractivity contribution in [2.24, 2.45) is 5.92 Å². The molecule has 3 rings (SSSR count). The highest BCUT2D eigenvalue weighted by molar-refractivity contribution is 5.89. The molecule has 0 bridgehead atoms. The van der Waals surface area contributed by atoms with E-state index >= 15 is 0 Å². The Morgan fingerprint density at radius 1 is 1.33 bits per heavy atom. The van der Waals surface area contributed by atoms with Gasteiger partial charge in [-0.25, -0.2) is 9.78 Å². The maximum atomic E-state index is 12.1. The largest absolute Gasteiger partial charge is 0.379 e. The van der Waals surface area contributed by atoms with Gasteiger partial charge in [-0.1, -0.05) is 19.1 Å². The van der Waals surface area contributed by atoms with Crippen LogP contribution >= 0.6 is 0 Å². The van der Waals surface area contributed by atoms with Gasteiger partial charge in [-0.2, -0.15) is 0 Å². The highest BCUT2D eigenvalue weighted by Gasteiger charge is 2.25. The van der Waals surface area contributed by atoms with Crippen molar-refractivity contribution in [2.75, 3.05) is 18.5 Å². The maximum Gasteiger partial charge on any atom is 0.319 e. The lowest BCUT2D eigenvalue weighted by Crippen LogP contribution is -2.41. The smallest absolute Gasteiger partial charge is 0.319 e. The number of carbonyl (C=O) groups excluding carboxylic acids is 1. The number of ether oxygens (including phenoxy) is 1. The van der Waals surface area contributed by atoms with Gasteiger partial charge in [0.15, 0.2) is 0 Å². The third-order valence-corrected chi connectivity index (χ3v) is 4.61. The summed E-state index contributed by atoms with van der Waals surface area (Å²) in [5.74, 6) is 1.33. The Labute approximate surface area is 142 Å². The van der Waals surface area contributed by atoms with Crippen LogP contribution in [0.5, 0.6) is 0 Å². The first-order valence-electron chi connectivity index (χ1n) is 8.29. The monoisotopic (exact) mass is 328 g/mol. The molecule has 0 aliphatic carbocycles. The van der Waals surface area contributed by atoms with E-state index in [-0.39, 0.29) is 18.1 Å². The molecule has 0 spiro atoms. The van der Waals surface area contributed by atoms with Crippen LogP contribution in [0.15, 0.2) is 36.7 Å². The van der Waals surface area contributed by atoms with E-state index in [0.29, 0.717) is 19.1 Å². The topological polar surface area (TPSA) is 68.2 Å². The summed E-state index contributed by atoms with van der Waals surface area (Å²) in [4.78, 5) is 16.3. The second-order valence-corrected chi connectivity index (χ2v) is 6.40. The number of nitrogens with one attached hydrogen (secondary N) is 2. The Balaban J connectivity index is 1.60. The van der Waals surface area contributed by atoms with Crippen LogP contribution in [0.1, 0.15) is 31.3 Å². The van der Waals surface area contributed by atoms with Gasteiger partial charge in [-0.3, -0.25) is 0 Å². The molecule has 6 heteroatoms. The molecule has 2 heterocycles. The van der Waals surface area contributed by atoms with Crippen LogP contribution in [0.25, 0.3) is 0 Å². The average Bonchev–Trinajstić information content (AvgIpc) is 3.16. The van der Waals surface area contributed by atoms with E-state index in [9.17, 15) is 4.79 Å². The van der Waals surface area contributed by atoms with Crippen molar-refractivity contribution in [3.63, 3.8) is 0 Å². The number of carbonyl (C=O) groups is 1. The summed E-state index contributed by atoms with van der Waals surface area (Å²) in [6, 6.07) is 7.99. The van der Waals surface area contributed by atoms with Crippen LogP contribution in [0, 0.1) is 12.8 Å². The molecular weight excluding hydrogens is 304 g/mol. The summed E-state index contributed by atoms with van der Waals surface area (Å²) in [5, 5.41) is 5.83. The van der Waals surface area contributed by atoms with Gasteiger partial charge >= 0.3 is 6.03 Å². The number of anilines is 1. The minimum absolute atomic E-state index is 0.0773. The van der Waals surface area contributed by atoms with E-state index in [1.165, 1.54) is 5.56 Å². The van der Waals surface area contributed by atoms with Crippen LogP contribution in [0.2, 0.25) is 0 Å². The van der Waals surface area contributed by atoms with Crippen molar-refractivity contribution < 1.29 is 9.53 Å². The standard InChI is InChI=1S/C18H24N4O2/c1-12-10-24-11-17(12)21-18(23)20-16-6-4-15(5-7-16)13(2)22-9-8-19-14(22)3/h4-9,12-13,17H,10-11H2,1-3H3,(H2,20,21,23)/t12-,13-,17-/m0/s1. The number of hydrogen-bond acceptors (Lipinski definition) is 3. The number of aromatic nitrogens is 2. The van der Waals surface area contributed by atoms with Crippen molar-refractivity contribution >= 4 is 11.7 Å². The van der Waals surface area contributed by atoms with E-state index in [1.54, 1.807) is 6.20 Å². The average molecular weight is 328 g/mol. The first-order valence-corrected chi connectivity index (χ1v) is 8.29. The lowest BCUT2D eigenvalue weighted by atomic mass is 10.1. The number of imidazole rings is 1. The van der Waals surface area contributed by atoms with Crippen molar-refractivity contribution in [1.29, 1.82) is 0 Å². The van der Waals surface area contributed by atoms with Gasteiger partial charge in [-0.15, -0.1) is 0 Å². The number of amides is 2. The fourth-order valence-electron chi connectivity index (χ4n) is 2.98. The molecule has 1 aromatic carbocycles. The van der Waals surface area contributed by atoms with Crippen molar-refractivity contribution in [3.8, 4) is 0 Å². The molecule has 1 aromatic heterocycles. The lowest BCUT2D eigenvalue weighted by Gasteiger charge is -2.17. The van der Waals surface area contributed by atoms with Gasteiger partial charge in [0.2, 0.25) is 0 Å². The number of aryl methyl sites for hydroxylation is 1. The molecule has 2 aromatic rings. The van der Waals surface area contributed by atoms with E-state index in [1.807, 2.05) is 37.4 Å². The minimum atomic E-state index is -0.191. The van der Waals surface area contributed by atoms with Crippen molar-refractivity contribution in [1.82, 2.24) is 14.9 Å². The van der Waals surface area contributed by atoms with Gasteiger partial charge < -0.3 is 19.9 Å². The highest BCUT2D eigenvalue weighted by atomic mass is 16.5. The van der Waals surface area contributed by atoms with Crippen LogP contribution in [-0.4, -0.2) is 34.8 Å². The summed E-state index contributed by atoms with van der Waals surface area (Å²) in [5.41, 5.74) is 1.94. The third kappa shape index (κ3) is 3.59. The molecule has 24 heavy (non-hydrogen) atoms. The molecule has 1 aliphatic heterocycles. The summed E-state index contributed by atoms with van der Waals surface area (Å²) < 4.78 is 7.48. The van der Waals surface area contributed by atoms with Crippen LogP contribution in [0.4, 0.5) is 10.5 Å². The van der Waals surface area contributed by atoms with E-state index in [4.69, 9.17) is 4.74 Å². The van der Waals surface area contributed by atoms with Crippen LogP contribution in [0.3, 0.4) is 0 Å². The van der Waals surface area contributed by atoms with E-state index in [0.717, 1.165) is 11.5 Å².